The van der Waals surface area contributed by atoms with Crippen LogP contribution in [0.25, 0.3) is 10.2 Å². The van der Waals surface area contributed by atoms with Crippen LogP contribution in [0.4, 0.5) is 0 Å². The molecule has 0 saturated carbocycles. The Bertz CT molecular complexity index is 721. The molecule has 2 aromatic rings. The van der Waals surface area contributed by atoms with Crippen LogP contribution in [-0.4, -0.2) is 51.8 Å². The van der Waals surface area contributed by atoms with E-state index >= 15 is 0 Å². The molecule has 0 N–H and O–H groups in total. The van der Waals surface area contributed by atoms with E-state index in [0.29, 0.717) is 18.8 Å². The van der Waals surface area contributed by atoms with E-state index in [9.17, 15) is 4.79 Å². The fraction of sp³-hybridized carbons (Fsp3) is 0.562. The number of morpholine rings is 1. The maximum absolute atomic E-state index is 12.5. The predicted octanol–water partition coefficient (Wildman–Crippen LogP) is 3.04. The zero-order valence-corrected chi connectivity index (χ0v) is 15.5. The Morgan fingerprint density at radius 1 is 1.35 bits per heavy atom. The molecule has 7 heteroatoms. The minimum Gasteiger partial charge on any atom is -0.372 e. The zero-order valence-electron chi connectivity index (χ0n) is 13.8. The van der Waals surface area contributed by atoms with Gasteiger partial charge in [-0.3, -0.25) is 4.79 Å². The predicted molar refractivity (Wildman–Crippen MR) is 94.2 cm³/mol. The number of thioether (sulfide) groups is 1. The summed E-state index contributed by atoms with van der Waals surface area (Å²) in [4.78, 5) is 25.4. The number of ether oxygens (including phenoxy) is 1. The second-order valence-electron chi connectivity index (χ2n) is 5.99. The maximum Gasteiger partial charge on any atom is 0.233 e. The van der Waals surface area contributed by atoms with Crippen molar-refractivity contribution in [2.24, 2.45) is 0 Å². The molecule has 1 aliphatic rings. The van der Waals surface area contributed by atoms with E-state index in [-0.39, 0.29) is 18.1 Å². The number of carbonyl (C=O) groups excluding carboxylic acids is 1. The van der Waals surface area contributed by atoms with Crippen molar-refractivity contribution < 1.29 is 9.53 Å². The molecule has 0 radical (unpaired) electrons. The summed E-state index contributed by atoms with van der Waals surface area (Å²) in [6.07, 6.45) is 1.78. The number of rotatable bonds is 3. The quantitative estimate of drug-likeness (QED) is 0.628. The molecule has 0 aromatic carbocycles. The number of nitrogens with zero attached hydrogens (tertiary/aromatic N) is 3. The van der Waals surface area contributed by atoms with Crippen LogP contribution in [0.5, 0.6) is 0 Å². The first-order chi connectivity index (χ1) is 11.0. The molecule has 1 saturated heterocycles. The highest BCUT2D eigenvalue weighted by Gasteiger charge is 2.26. The summed E-state index contributed by atoms with van der Waals surface area (Å²) < 4.78 is 5.69. The molecule has 3 heterocycles. The molecule has 5 nitrogen and oxygen atoms in total. The molecule has 2 aromatic heterocycles. The van der Waals surface area contributed by atoms with Gasteiger partial charge in [-0.2, -0.15) is 0 Å². The van der Waals surface area contributed by atoms with Gasteiger partial charge in [0.05, 0.1) is 18.0 Å². The summed E-state index contributed by atoms with van der Waals surface area (Å²) in [5.41, 5.74) is 1.22. The van der Waals surface area contributed by atoms with Crippen LogP contribution in [0.3, 0.4) is 0 Å². The Hall–Kier alpha value is -1.18. The van der Waals surface area contributed by atoms with Crippen molar-refractivity contribution in [1.82, 2.24) is 14.9 Å². The Kier molecular flexibility index (Phi) is 4.89. The van der Waals surface area contributed by atoms with Gasteiger partial charge in [0.1, 0.15) is 16.2 Å². The molecular weight excluding hydrogens is 330 g/mol. The number of carbonyl (C=O) groups is 1. The topological polar surface area (TPSA) is 55.3 Å². The lowest BCUT2D eigenvalue weighted by atomic mass is 10.2. The third-order valence-electron chi connectivity index (χ3n) is 4.04. The van der Waals surface area contributed by atoms with Crippen LogP contribution in [-0.2, 0) is 9.53 Å². The monoisotopic (exact) mass is 351 g/mol. The van der Waals surface area contributed by atoms with Crippen molar-refractivity contribution in [1.29, 1.82) is 0 Å². The molecule has 1 amide bonds. The normalized spacial score (nSPS) is 21.8. The third kappa shape index (κ3) is 3.51. The average Bonchev–Trinajstić information content (AvgIpc) is 2.79. The number of aryl methyl sites for hydroxylation is 2. The molecule has 0 aliphatic carbocycles. The minimum atomic E-state index is 0.0974. The van der Waals surface area contributed by atoms with Gasteiger partial charge in [-0.05, 0) is 33.3 Å². The van der Waals surface area contributed by atoms with Gasteiger partial charge in [-0.25, -0.2) is 9.97 Å². The molecule has 23 heavy (non-hydrogen) atoms. The molecule has 1 fully saturated rings. The SMILES string of the molecule is Cc1sc2ncnc(SCC(=O)N3C[C@@H](C)O[C@H](C)C3)c2c1C. The Balaban J connectivity index is 1.72. The van der Waals surface area contributed by atoms with Crippen molar-refractivity contribution in [3.63, 3.8) is 0 Å². The number of hydrogen-bond donors (Lipinski definition) is 0. The molecule has 0 bridgehead atoms. The van der Waals surface area contributed by atoms with Crippen LogP contribution in [0.2, 0.25) is 0 Å². The van der Waals surface area contributed by atoms with E-state index in [1.54, 1.807) is 17.7 Å². The van der Waals surface area contributed by atoms with E-state index < -0.39 is 0 Å². The molecule has 1 aliphatic heterocycles. The van der Waals surface area contributed by atoms with Gasteiger partial charge in [0.15, 0.2) is 0 Å². The standard InChI is InChI=1S/C16H21N3O2S2/c1-9-5-19(6-10(2)21-9)13(20)7-22-15-14-11(3)12(4)23-16(14)18-8-17-15/h8-10H,5-7H2,1-4H3/t9-,10-/m1/s1. The molecule has 2 atom stereocenters. The van der Waals surface area contributed by atoms with Crippen LogP contribution in [0.1, 0.15) is 24.3 Å². The number of hydrogen-bond acceptors (Lipinski definition) is 6. The fourth-order valence-electron chi connectivity index (χ4n) is 2.86. The first kappa shape index (κ1) is 16.7. The fourth-order valence-corrected chi connectivity index (χ4v) is 4.88. The van der Waals surface area contributed by atoms with Crippen LogP contribution in [0, 0.1) is 13.8 Å². The van der Waals surface area contributed by atoms with Crippen LogP contribution >= 0.6 is 23.1 Å². The first-order valence-corrected chi connectivity index (χ1v) is 9.52. The lowest BCUT2D eigenvalue weighted by molar-refractivity contribution is -0.140. The van der Waals surface area contributed by atoms with Crippen LogP contribution < -0.4 is 0 Å². The van der Waals surface area contributed by atoms with E-state index in [1.165, 1.54) is 22.2 Å². The average molecular weight is 351 g/mol. The van der Waals surface area contributed by atoms with Gasteiger partial charge in [-0.15, -0.1) is 11.3 Å². The second kappa shape index (κ2) is 6.75. The summed E-state index contributed by atoms with van der Waals surface area (Å²) >= 11 is 3.18. The highest BCUT2D eigenvalue weighted by Crippen LogP contribution is 2.34. The Labute approximate surface area is 144 Å². The van der Waals surface area contributed by atoms with Gasteiger partial charge in [-0.1, -0.05) is 11.8 Å². The Morgan fingerprint density at radius 2 is 2.04 bits per heavy atom. The van der Waals surface area contributed by atoms with Crippen molar-refractivity contribution in [3.05, 3.63) is 16.8 Å². The van der Waals surface area contributed by atoms with E-state index in [4.69, 9.17) is 4.74 Å². The number of aromatic nitrogens is 2. The lowest BCUT2D eigenvalue weighted by Crippen LogP contribution is -2.48. The molecule has 0 unspecified atom stereocenters. The summed E-state index contributed by atoms with van der Waals surface area (Å²) in [6.45, 7) is 9.54. The smallest absolute Gasteiger partial charge is 0.233 e. The minimum absolute atomic E-state index is 0.0974. The summed E-state index contributed by atoms with van der Waals surface area (Å²) in [7, 11) is 0. The van der Waals surface area contributed by atoms with Crippen LogP contribution in [0.15, 0.2) is 11.4 Å². The highest BCUT2D eigenvalue weighted by molar-refractivity contribution is 8.00. The van der Waals surface area contributed by atoms with Crippen molar-refractivity contribution in [3.8, 4) is 0 Å². The Morgan fingerprint density at radius 3 is 2.74 bits per heavy atom. The van der Waals surface area contributed by atoms with Gasteiger partial charge < -0.3 is 9.64 Å². The van der Waals surface area contributed by atoms with Crippen molar-refractivity contribution >= 4 is 39.2 Å². The number of fused-ring (bicyclic) bond motifs is 1. The van der Waals surface area contributed by atoms with Gasteiger partial charge in [0.25, 0.3) is 0 Å². The number of amides is 1. The van der Waals surface area contributed by atoms with Crippen molar-refractivity contribution in [2.45, 2.75) is 44.9 Å². The van der Waals surface area contributed by atoms with Gasteiger partial charge in [0, 0.05) is 23.4 Å². The largest absolute Gasteiger partial charge is 0.372 e. The van der Waals surface area contributed by atoms with E-state index in [0.717, 1.165) is 15.2 Å². The number of thiophene rings is 1. The summed E-state index contributed by atoms with van der Waals surface area (Å²) in [5.74, 6) is 0.549. The molecule has 124 valence electrons. The van der Waals surface area contributed by atoms with E-state index in [2.05, 4.69) is 23.8 Å². The molecular formula is C16H21N3O2S2. The highest BCUT2D eigenvalue weighted by atomic mass is 32.2. The van der Waals surface area contributed by atoms with Crippen molar-refractivity contribution in [2.75, 3.05) is 18.8 Å². The maximum atomic E-state index is 12.5. The summed E-state index contributed by atoms with van der Waals surface area (Å²) in [5, 5.41) is 2.00. The third-order valence-corrected chi connectivity index (χ3v) is 6.12. The first-order valence-electron chi connectivity index (χ1n) is 7.72. The summed E-state index contributed by atoms with van der Waals surface area (Å²) in [6, 6.07) is 0. The van der Waals surface area contributed by atoms with Gasteiger partial charge >= 0.3 is 0 Å². The molecule has 3 rings (SSSR count). The van der Waals surface area contributed by atoms with E-state index in [1.807, 2.05) is 18.7 Å². The molecule has 0 spiro atoms. The second-order valence-corrected chi connectivity index (χ2v) is 8.15. The lowest BCUT2D eigenvalue weighted by Gasteiger charge is -2.35. The van der Waals surface area contributed by atoms with Gasteiger partial charge in [0.2, 0.25) is 5.91 Å². The zero-order chi connectivity index (χ0) is 16.6.